The highest BCUT2D eigenvalue weighted by atomic mass is 15.2. The Morgan fingerprint density at radius 3 is 2.44 bits per heavy atom. The van der Waals surface area contributed by atoms with E-state index < -0.39 is 0 Å². The van der Waals surface area contributed by atoms with E-state index >= 15 is 0 Å². The van der Waals surface area contributed by atoms with Crippen LogP contribution >= 0.6 is 0 Å². The molecule has 1 aliphatic rings. The number of hydrogen-bond acceptors (Lipinski definition) is 2. The number of aryl methyl sites for hydroxylation is 1. The summed E-state index contributed by atoms with van der Waals surface area (Å²) in [5.41, 5.74) is 2.69. The van der Waals surface area contributed by atoms with E-state index in [0.717, 1.165) is 25.6 Å². The molecule has 1 aromatic rings. The average Bonchev–Trinajstić information content (AvgIpc) is 2.69. The van der Waals surface area contributed by atoms with Gasteiger partial charge in [0.15, 0.2) is 0 Å². The van der Waals surface area contributed by atoms with Crippen LogP contribution < -0.4 is 10.2 Å². The molecule has 1 saturated heterocycles. The highest BCUT2D eigenvalue weighted by molar-refractivity contribution is 5.48. The lowest BCUT2D eigenvalue weighted by atomic mass is 10.0. The number of rotatable bonds is 3. The SMILES string of the molecule is CCN(c1ccc(C)cc1)C1CNCC1C. The maximum absolute atomic E-state index is 3.48. The van der Waals surface area contributed by atoms with E-state index in [4.69, 9.17) is 0 Å². The van der Waals surface area contributed by atoms with Crippen LogP contribution in [0.25, 0.3) is 0 Å². The largest absolute Gasteiger partial charge is 0.367 e. The second-order valence-corrected chi connectivity index (χ2v) is 4.82. The maximum Gasteiger partial charge on any atom is 0.0452 e. The van der Waals surface area contributed by atoms with Crippen LogP contribution in [0.2, 0.25) is 0 Å². The van der Waals surface area contributed by atoms with Gasteiger partial charge in [0, 0.05) is 24.8 Å². The monoisotopic (exact) mass is 218 g/mol. The van der Waals surface area contributed by atoms with E-state index in [1.165, 1.54) is 11.3 Å². The molecule has 0 spiro atoms. The van der Waals surface area contributed by atoms with Crippen molar-refractivity contribution in [1.29, 1.82) is 0 Å². The lowest BCUT2D eigenvalue weighted by Crippen LogP contribution is -2.40. The molecule has 1 aliphatic heterocycles. The molecule has 1 fully saturated rings. The van der Waals surface area contributed by atoms with Gasteiger partial charge in [-0.05, 0) is 38.4 Å². The van der Waals surface area contributed by atoms with Crippen molar-refractivity contribution in [2.75, 3.05) is 24.5 Å². The number of hydrogen-bond donors (Lipinski definition) is 1. The van der Waals surface area contributed by atoms with Gasteiger partial charge in [0.1, 0.15) is 0 Å². The number of likely N-dealkylation sites (N-methyl/N-ethyl adjacent to an activating group) is 1. The molecule has 0 saturated carbocycles. The lowest BCUT2D eigenvalue weighted by molar-refractivity contribution is 0.522. The molecule has 16 heavy (non-hydrogen) atoms. The van der Waals surface area contributed by atoms with Crippen molar-refractivity contribution in [3.63, 3.8) is 0 Å². The third-order valence-electron chi connectivity index (χ3n) is 3.58. The van der Waals surface area contributed by atoms with Gasteiger partial charge in [-0.2, -0.15) is 0 Å². The standard InChI is InChI=1S/C14H22N2/c1-4-16(14-10-15-9-12(14)3)13-7-5-11(2)6-8-13/h5-8,12,14-15H,4,9-10H2,1-3H3. The summed E-state index contributed by atoms with van der Waals surface area (Å²) in [6.07, 6.45) is 0. The molecule has 2 nitrogen and oxygen atoms in total. The topological polar surface area (TPSA) is 15.3 Å². The first-order valence-corrected chi connectivity index (χ1v) is 6.26. The van der Waals surface area contributed by atoms with E-state index in [1.54, 1.807) is 0 Å². The van der Waals surface area contributed by atoms with Crippen molar-refractivity contribution in [3.8, 4) is 0 Å². The van der Waals surface area contributed by atoms with E-state index in [9.17, 15) is 0 Å². The molecule has 0 bridgehead atoms. The van der Waals surface area contributed by atoms with Gasteiger partial charge in [-0.15, -0.1) is 0 Å². The molecule has 2 rings (SSSR count). The van der Waals surface area contributed by atoms with Crippen LogP contribution in [0.5, 0.6) is 0 Å². The highest BCUT2D eigenvalue weighted by Crippen LogP contribution is 2.23. The van der Waals surface area contributed by atoms with Crippen molar-refractivity contribution in [2.24, 2.45) is 5.92 Å². The molecule has 1 N–H and O–H groups in total. The Balaban J connectivity index is 2.18. The molecular formula is C14H22N2. The fourth-order valence-electron chi connectivity index (χ4n) is 2.56. The predicted octanol–water partition coefficient (Wildman–Crippen LogP) is 2.43. The third kappa shape index (κ3) is 2.22. The van der Waals surface area contributed by atoms with Crippen molar-refractivity contribution in [1.82, 2.24) is 5.32 Å². The molecule has 1 heterocycles. The van der Waals surface area contributed by atoms with Crippen LogP contribution in [0.1, 0.15) is 19.4 Å². The van der Waals surface area contributed by atoms with Crippen LogP contribution in [0, 0.1) is 12.8 Å². The number of nitrogens with zero attached hydrogens (tertiary/aromatic N) is 1. The normalized spacial score (nSPS) is 24.7. The van der Waals surface area contributed by atoms with Crippen molar-refractivity contribution >= 4 is 5.69 Å². The summed E-state index contributed by atoms with van der Waals surface area (Å²) in [6, 6.07) is 9.52. The summed E-state index contributed by atoms with van der Waals surface area (Å²) in [5.74, 6) is 0.737. The Bertz CT molecular complexity index is 331. The van der Waals surface area contributed by atoms with Gasteiger partial charge in [-0.1, -0.05) is 24.6 Å². The zero-order chi connectivity index (χ0) is 11.5. The Morgan fingerprint density at radius 1 is 1.25 bits per heavy atom. The molecule has 2 atom stereocenters. The van der Waals surface area contributed by atoms with Gasteiger partial charge in [0.25, 0.3) is 0 Å². The van der Waals surface area contributed by atoms with Crippen molar-refractivity contribution in [2.45, 2.75) is 26.8 Å². The zero-order valence-electron chi connectivity index (χ0n) is 10.5. The molecule has 2 heteroatoms. The highest BCUT2D eigenvalue weighted by Gasteiger charge is 2.27. The Kier molecular flexibility index (Phi) is 3.49. The molecule has 1 aromatic carbocycles. The zero-order valence-corrected chi connectivity index (χ0v) is 10.5. The molecule has 88 valence electrons. The summed E-state index contributed by atoms with van der Waals surface area (Å²) in [6.45, 7) is 10.1. The summed E-state index contributed by atoms with van der Waals surface area (Å²) in [7, 11) is 0. The lowest BCUT2D eigenvalue weighted by Gasteiger charge is -2.32. The van der Waals surface area contributed by atoms with Gasteiger partial charge in [-0.25, -0.2) is 0 Å². The molecule has 0 amide bonds. The quantitative estimate of drug-likeness (QED) is 0.838. The van der Waals surface area contributed by atoms with E-state index in [2.05, 4.69) is 55.3 Å². The first kappa shape index (κ1) is 11.5. The first-order chi connectivity index (χ1) is 7.72. The summed E-state index contributed by atoms with van der Waals surface area (Å²) < 4.78 is 0. The molecular weight excluding hydrogens is 196 g/mol. The number of anilines is 1. The van der Waals surface area contributed by atoms with Crippen LogP contribution in [0.4, 0.5) is 5.69 Å². The summed E-state index contributed by atoms with van der Waals surface area (Å²) in [4.78, 5) is 2.52. The molecule has 0 aromatic heterocycles. The third-order valence-corrected chi connectivity index (χ3v) is 3.58. The second-order valence-electron chi connectivity index (χ2n) is 4.82. The summed E-state index contributed by atoms with van der Waals surface area (Å²) in [5, 5.41) is 3.48. The molecule has 0 aliphatic carbocycles. The maximum atomic E-state index is 3.48. The summed E-state index contributed by atoms with van der Waals surface area (Å²) >= 11 is 0. The predicted molar refractivity (Wildman–Crippen MR) is 70.0 cm³/mol. The minimum atomic E-state index is 0.646. The van der Waals surface area contributed by atoms with Gasteiger partial charge >= 0.3 is 0 Å². The van der Waals surface area contributed by atoms with Gasteiger partial charge in [0.2, 0.25) is 0 Å². The Hall–Kier alpha value is -1.02. The van der Waals surface area contributed by atoms with Crippen LogP contribution in [0.15, 0.2) is 24.3 Å². The average molecular weight is 218 g/mol. The van der Waals surface area contributed by atoms with Gasteiger partial charge < -0.3 is 10.2 Å². The Labute approximate surface area is 98.7 Å². The van der Waals surface area contributed by atoms with Crippen molar-refractivity contribution in [3.05, 3.63) is 29.8 Å². The van der Waals surface area contributed by atoms with E-state index in [0.29, 0.717) is 6.04 Å². The Morgan fingerprint density at radius 2 is 1.94 bits per heavy atom. The van der Waals surface area contributed by atoms with Gasteiger partial charge in [-0.3, -0.25) is 0 Å². The molecule has 2 unspecified atom stereocenters. The fourth-order valence-corrected chi connectivity index (χ4v) is 2.56. The fraction of sp³-hybridized carbons (Fsp3) is 0.571. The van der Waals surface area contributed by atoms with Crippen molar-refractivity contribution < 1.29 is 0 Å². The first-order valence-electron chi connectivity index (χ1n) is 6.26. The number of benzene rings is 1. The smallest absolute Gasteiger partial charge is 0.0452 e. The van der Waals surface area contributed by atoms with E-state index in [1.807, 2.05) is 0 Å². The number of nitrogens with one attached hydrogen (secondary N) is 1. The van der Waals surface area contributed by atoms with E-state index in [-0.39, 0.29) is 0 Å². The van der Waals surface area contributed by atoms with Gasteiger partial charge in [0.05, 0.1) is 0 Å². The van der Waals surface area contributed by atoms with Crippen LogP contribution in [-0.2, 0) is 0 Å². The second kappa shape index (κ2) is 4.88. The van der Waals surface area contributed by atoms with Crippen LogP contribution in [-0.4, -0.2) is 25.7 Å². The van der Waals surface area contributed by atoms with Crippen LogP contribution in [0.3, 0.4) is 0 Å². The minimum absolute atomic E-state index is 0.646. The minimum Gasteiger partial charge on any atom is -0.367 e. The molecule has 0 radical (unpaired) electrons.